The first-order valence-electron chi connectivity index (χ1n) is 13.9. The maximum absolute atomic E-state index is 13.7. The second-order valence-corrected chi connectivity index (χ2v) is 9.80. The van der Waals surface area contributed by atoms with Gasteiger partial charge in [0.15, 0.2) is 11.2 Å². The summed E-state index contributed by atoms with van der Waals surface area (Å²) in [7, 11) is 1.38. The second-order valence-electron chi connectivity index (χ2n) is 9.80. The minimum Gasteiger partial charge on any atom is -0.468 e. The van der Waals surface area contributed by atoms with E-state index in [1.807, 2.05) is 48.5 Å². The maximum atomic E-state index is 13.7. The third-order valence-electron chi connectivity index (χ3n) is 7.13. The van der Waals surface area contributed by atoms with Gasteiger partial charge in [0.2, 0.25) is 0 Å². The van der Waals surface area contributed by atoms with E-state index in [-0.39, 0.29) is 5.78 Å². The van der Waals surface area contributed by atoms with Crippen LogP contribution < -0.4 is 0 Å². The Morgan fingerprint density at radius 2 is 1.06 bits per heavy atom. The minimum absolute atomic E-state index is 0.175. The Balaban J connectivity index is 1.84. The van der Waals surface area contributed by atoms with E-state index < -0.39 is 11.4 Å². The van der Waals surface area contributed by atoms with E-state index in [9.17, 15) is 9.59 Å². The summed E-state index contributed by atoms with van der Waals surface area (Å²) in [5.41, 5.74) is -0.0309. The van der Waals surface area contributed by atoms with Crippen LogP contribution in [0.3, 0.4) is 0 Å². The van der Waals surface area contributed by atoms with Crippen LogP contribution in [0.5, 0.6) is 0 Å². The van der Waals surface area contributed by atoms with Gasteiger partial charge in [-0.2, -0.15) is 0 Å². The molecule has 0 aliphatic heterocycles. The molecule has 2 aromatic carbocycles. The van der Waals surface area contributed by atoms with Crippen LogP contribution in [0, 0.1) is 0 Å². The van der Waals surface area contributed by atoms with E-state index in [1.54, 1.807) is 12.1 Å². The SMILES string of the molecule is CCCCCCCCCCCCCCCCC(C(=O)OC)(C(=O)c1ccccc1)c1ccccc1. The Morgan fingerprint density at radius 1 is 0.629 bits per heavy atom. The van der Waals surface area contributed by atoms with Crippen molar-refractivity contribution in [3.8, 4) is 0 Å². The Hall–Kier alpha value is -2.42. The molecule has 35 heavy (non-hydrogen) atoms. The lowest BCUT2D eigenvalue weighted by Crippen LogP contribution is -2.44. The average molecular weight is 479 g/mol. The highest BCUT2D eigenvalue weighted by Gasteiger charge is 2.48. The highest BCUT2D eigenvalue weighted by Crippen LogP contribution is 2.36. The van der Waals surface area contributed by atoms with Gasteiger partial charge >= 0.3 is 5.97 Å². The highest BCUT2D eigenvalue weighted by atomic mass is 16.5. The molecule has 0 radical (unpaired) electrons. The largest absolute Gasteiger partial charge is 0.468 e. The number of rotatable bonds is 19. The predicted molar refractivity (Wildman–Crippen MR) is 146 cm³/mol. The molecule has 2 aromatic rings. The zero-order valence-electron chi connectivity index (χ0n) is 22.1. The number of hydrogen-bond acceptors (Lipinski definition) is 3. The molecule has 0 N–H and O–H groups in total. The smallest absolute Gasteiger partial charge is 0.324 e. The lowest BCUT2D eigenvalue weighted by Gasteiger charge is -2.30. The zero-order valence-corrected chi connectivity index (χ0v) is 22.1. The summed E-state index contributed by atoms with van der Waals surface area (Å²) < 4.78 is 5.22. The molecule has 0 aliphatic rings. The molecule has 3 nitrogen and oxygen atoms in total. The Kier molecular flexibility index (Phi) is 14.1. The summed E-state index contributed by atoms with van der Waals surface area (Å²) in [6, 6.07) is 18.6. The number of esters is 1. The number of unbranched alkanes of at least 4 members (excludes halogenated alkanes) is 13. The Labute approximate surface area is 213 Å². The normalized spacial score (nSPS) is 12.7. The molecule has 192 valence electrons. The number of ether oxygens (including phenoxy) is 1. The molecule has 1 atom stereocenters. The van der Waals surface area contributed by atoms with Crippen molar-refractivity contribution in [3.63, 3.8) is 0 Å². The van der Waals surface area contributed by atoms with E-state index in [0.29, 0.717) is 12.0 Å². The van der Waals surface area contributed by atoms with Crippen molar-refractivity contribution in [2.24, 2.45) is 0 Å². The van der Waals surface area contributed by atoms with Gasteiger partial charge in [-0.15, -0.1) is 0 Å². The third-order valence-corrected chi connectivity index (χ3v) is 7.13. The van der Waals surface area contributed by atoms with Crippen LogP contribution in [0.15, 0.2) is 60.7 Å². The van der Waals surface area contributed by atoms with E-state index >= 15 is 0 Å². The van der Waals surface area contributed by atoms with Crippen LogP contribution in [0.4, 0.5) is 0 Å². The zero-order chi connectivity index (χ0) is 25.2. The van der Waals surface area contributed by atoms with Crippen molar-refractivity contribution < 1.29 is 14.3 Å². The molecule has 0 aromatic heterocycles. The lowest BCUT2D eigenvalue weighted by atomic mass is 9.71. The molecule has 0 heterocycles. The molecule has 0 amide bonds. The maximum Gasteiger partial charge on any atom is 0.324 e. The molecule has 0 fully saturated rings. The second kappa shape index (κ2) is 17.1. The van der Waals surface area contributed by atoms with Crippen LogP contribution in [-0.2, 0) is 14.9 Å². The molecule has 0 saturated carbocycles. The van der Waals surface area contributed by atoms with Crippen molar-refractivity contribution in [1.82, 2.24) is 0 Å². The van der Waals surface area contributed by atoms with Crippen LogP contribution in [0.2, 0.25) is 0 Å². The van der Waals surface area contributed by atoms with E-state index in [0.717, 1.165) is 24.8 Å². The van der Waals surface area contributed by atoms with Crippen LogP contribution >= 0.6 is 0 Å². The van der Waals surface area contributed by atoms with E-state index in [1.165, 1.54) is 77.7 Å². The third kappa shape index (κ3) is 9.28. The summed E-state index contributed by atoms with van der Waals surface area (Å²) in [6.45, 7) is 2.27. The van der Waals surface area contributed by atoms with Gasteiger partial charge < -0.3 is 4.74 Å². The Bertz CT molecular complexity index is 830. The molecular formula is C32H46O3. The first-order valence-corrected chi connectivity index (χ1v) is 13.9. The molecule has 0 bridgehead atoms. The molecular weight excluding hydrogens is 432 g/mol. The van der Waals surface area contributed by atoms with Gasteiger partial charge in [0.1, 0.15) is 0 Å². The van der Waals surface area contributed by atoms with Gasteiger partial charge in [0, 0.05) is 5.56 Å². The number of benzene rings is 2. The molecule has 3 heteroatoms. The van der Waals surface area contributed by atoms with Gasteiger partial charge in [-0.1, -0.05) is 157 Å². The van der Waals surface area contributed by atoms with Crippen molar-refractivity contribution in [3.05, 3.63) is 71.8 Å². The topological polar surface area (TPSA) is 43.4 Å². The predicted octanol–water partition coefficient (Wildman–Crippen LogP) is 8.85. The van der Waals surface area contributed by atoms with Gasteiger partial charge in [0.25, 0.3) is 0 Å². The number of carbonyl (C=O) groups excluding carboxylic acids is 2. The fourth-order valence-electron chi connectivity index (χ4n) is 5.02. The van der Waals surface area contributed by atoms with Crippen LogP contribution in [-0.4, -0.2) is 18.9 Å². The Morgan fingerprint density at radius 3 is 1.51 bits per heavy atom. The summed E-state index contributed by atoms with van der Waals surface area (Å²) in [5, 5.41) is 0. The minimum atomic E-state index is -1.30. The standard InChI is InChI=1S/C32H46O3/c1-3-4-5-6-7-8-9-10-11-12-13-14-15-22-27-32(31(34)35-2,29-25-20-17-21-26-29)30(33)28-23-18-16-19-24-28/h16-21,23-26H,3-15,22,27H2,1-2H3. The van der Waals surface area contributed by atoms with Gasteiger partial charge in [-0.05, 0) is 12.0 Å². The van der Waals surface area contributed by atoms with Crippen LogP contribution in [0.25, 0.3) is 0 Å². The number of methoxy groups -OCH3 is 1. The molecule has 1 unspecified atom stereocenters. The molecule has 0 spiro atoms. The first kappa shape index (κ1) is 28.8. The quantitative estimate of drug-likeness (QED) is 0.0876. The van der Waals surface area contributed by atoms with Gasteiger partial charge in [-0.25, -0.2) is 0 Å². The molecule has 0 aliphatic carbocycles. The number of Topliss-reactive ketones (excluding diaryl/α,β-unsaturated/α-hetero) is 1. The first-order chi connectivity index (χ1) is 17.2. The highest BCUT2D eigenvalue weighted by molar-refractivity contribution is 6.17. The lowest BCUT2D eigenvalue weighted by molar-refractivity contribution is -0.145. The summed E-state index contributed by atoms with van der Waals surface area (Å²) in [5.74, 6) is -0.641. The van der Waals surface area contributed by atoms with Crippen molar-refractivity contribution in [1.29, 1.82) is 0 Å². The van der Waals surface area contributed by atoms with Crippen molar-refractivity contribution in [2.45, 2.75) is 109 Å². The monoisotopic (exact) mass is 478 g/mol. The summed E-state index contributed by atoms with van der Waals surface area (Å²) in [6.07, 6.45) is 18.3. The van der Waals surface area contributed by atoms with Gasteiger partial charge in [0.05, 0.1) is 7.11 Å². The fraction of sp³-hybridized carbons (Fsp3) is 0.562. The number of hydrogen-bond donors (Lipinski definition) is 0. The van der Waals surface area contributed by atoms with E-state index in [4.69, 9.17) is 4.74 Å². The van der Waals surface area contributed by atoms with Crippen molar-refractivity contribution >= 4 is 11.8 Å². The summed E-state index contributed by atoms with van der Waals surface area (Å²) >= 11 is 0. The molecule has 2 rings (SSSR count). The van der Waals surface area contributed by atoms with Crippen LogP contribution in [0.1, 0.15) is 119 Å². The van der Waals surface area contributed by atoms with E-state index in [2.05, 4.69) is 6.92 Å². The average Bonchev–Trinajstić information content (AvgIpc) is 2.91. The summed E-state index contributed by atoms with van der Waals surface area (Å²) in [4.78, 5) is 26.9. The van der Waals surface area contributed by atoms with Crippen molar-refractivity contribution in [2.75, 3.05) is 7.11 Å². The number of carbonyl (C=O) groups is 2. The molecule has 0 saturated heterocycles. The number of ketones is 1. The van der Waals surface area contributed by atoms with Gasteiger partial charge in [-0.3, -0.25) is 9.59 Å². The fourth-order valence-corrected chi connectivity index (χ4v) is 5.02.